The maximum absolute atomic E-state index is 11.7. The van der Waals surface area contributed by atoms with Crippen LogP contribution in [-0.2, 0) is 0 Å². The molecule has 3 nitrogen and oxygen atoms in total. The molecule has 1 heterocycles. The van der Waals surface area contributed by atoms with E-state index in [0.717, 1.165) is 18.5 Å². The quantitative estimate of drug-likeness (QED) is 0.682. The third-order valence-corrected chi connectivity index (χ3v) is 3.38. The summed E-state index contributed by atoms with van der Waals surface area (Å²) in [5.41, 5.74) is 0.886. The van der Waals surface area contributed by atoms with Gasteiger partial charge in [-0.25, -0.2) is 4.79 Å². The van der Waals surface area contributed by atoms with Crippen molar-refractivity contribution < 1.29 is 4.79 Å². The molecule has 0 aromatic rings. The van der Waals surface area contributed by atoms with Gasteiger partial charge in [0.25, 0.3) is 0 Å². The van der Waals surface area contributed by atoms with Crippen molar-refractivity contribution in [2.75, 3.05) is 0 Å². The van der Waals surface area contributed by atoms with Crippen LogP contribution >= 0.6 is 0 Å². The second kappa shape index (κ2) is 3.01. The molecule has 0 aromatic carbocycles. The highest BCUT2D eigenvalue weighted by molar-refractivity contribution is 5.82. The molecule has 3 heteroatoms. The smallest absolute Gasteiger partial charge is 0.322 e. The van der Waals surface area contributed by atoms with E-state index in [1.807, 2.05) is 13.8 Å². The molecule has 1 saturated carbocycles. The van der Waals surface area contributed by atoms with E-state index < -0.39 is 0 Å². The molecule has 0 radical (unpaired) electrons. The van der Waals surface area contributed by atoms with Crippen LogP contribution in [-0.4, -0.2) is 22.5 Å². The van der Waals surface area contributed by atoms with Gasteiger partial charge in [0.1, 0.15) is 0 Å². The molecule has 78 valence electrons. The van der Waals surface area contributed by atoms with Crippen molar-refractivity contribution >= 4 is 6.03 Å². The fraction of sp³-hybridized carbons (Fsp3) is 0.727. The van der Waals surface area contributed by atoms with Crippen molar-refractivity contribution in [1.82, 2.24) is 10.2 Å². The average molecular weight is 194 g/mol. The molecule has 2 amide bonds. The first-order valence-corrected chi connectivity index (χ1v) is 5.37. The van der Waals surface area contributed by atoms with E-state index in [4.69, 9.17) is 0 Å². The fourth-order valence-corrected chi connectivity index (χ4v) is 2.63. The predicted molar refractivity (Wildman–Crippen MR) is 55.8 cm³/mol. The molecule has 1 N–H and O–H groups in total. The second-order valence-electron chi connectivity index (χ2n) is 4.63. The summed E-state index contributed by atoms with van der Waals surface area (Å²) in [6, 6.07) is 0.245. The van der Waals surface area contributed by atoms with E-state index >= 15 is 0 Å². The Morgan fingerprint density at radius 3 is 2.43 bits per heavy atom. The number of urea groups is 1. The normalized spacial score (nSPS) is 25.2. The van der Waals surface area contributed by atoms with Gasteiger partial charge in [-0.1, -0.05) is 19.4 Å². The Hall–Kier alpha value is -0.990. The number of amides is 2. The second-order valence-corrected chi connectivity index (χ2v) is 4.63. The highest BCUT2D eigenvalue weighted by atomic mass is 16.2. The molecule has 0 atom stereocenters. The first-order chi connectivity index (χ1) is 6.57. The summed E-state index contributed by atoms with van der Waals surface area (Å²) in [5.74, 6) is 0. The molecule has 0 aromatic heterocycles. The van der Waals surface area contributed by atoms with Gasteiger partial charge < -0.3 is 5.32 Å². The van der Waals surface area contributed by atoms with Crippen LogP contribution in [0.4, 0.5) is 4.79 Å². The number of rotatable bonds is 1. The number of carbonyl (C=O) groups excluding carboxylic acids is 1. The minimum absolute atomic E-state index is 0.0342. The Morgan fingerprint density at radius 2 is 2.00 bits per heavy atom. The first kappa shape index (κ1) is 9.56. The van der Waals surface area contributed by atoms with Crippen LogP contribution in [0.25, 0.3) is 0 Å². The summed E-state index contributed by atoms with van der Waals surface area (Å²) in [6.45, 7) is 8.14. The Balaban J connectivity index is 2.26. The molecule has 0 bridgehead atoms. The van der Waals surface area contributed by atoms with Crippen molar-refractivity contribution in [3.05, 3.63) is 12.3 Å². The molecule has 1 aliphatic carbocycles. The number of hydrogen-bond donors (Lipinski definition) is 1. The molecule has 0 unspecified atom stereocenters. The van der Waals surface area contributed by atoms with Crippen molar-refractivity contribution in [2.45, 2.75) is 51.1 Å². The Bertz CT molecular complexity index is 277. The number of nitrogens with one attached hydrogen (secondary N) is 1. The lowest BCUT2D eigenvalue weighted by Crippen LogP contribution is -2.39. The van der Waals surface area contributed by atoms with Gasteiger partial charge in [-0.05, 0) is 26.7 Å². The van der Waals surface area contributed by atoms with Crippen molar-refractivity contribution in [1.29, 1.82) is 0 Å². The number of nitrogens with zero attached hydrogens (tertiary/aromatic N) is 1. The molecule has 1 saturated heterocycles. The van der Waals surface area contributed by atoms with Gasteiger partial charge in [0.05, 0.1) is 5.54 Å². The summed E-state index contributed by atoms with van der Waals surface area (Å²) in [4.78, 5) is 13.5. The molecule has 2 aliphatic rings. The van der Waals surface area contributed by atoms with E-state index in [0.29, 0.717) is 0 Å². The Morgan fingerprint density at radius 1 is 1.43 bits per heavy atom. The van der Waals surface area contributed by atoms with Crippen LogP contribution in [0.1, 0.15) is 39.5 Å². The van der Waals surface area contributed by atoms with Crippen LogP contribution in [0.15, 0.2) is 12.3 Å². The maximum atomic E-state index is 11.7. The monoisotopic (exact) mass is 194 g/mol. The molecule has 14 heavy (non-hydrogen) atoms. The summed E-state index contributed by atoms with van der Waals surface area (Å²) in [6.07, 6.45) is 4.51. The number of carbonyl (C=O) groups is 1. The van der Waals surface area contributed by atoms with Gasteiger partial charge in [-0.15, -0.1) is 0 Å². The fourth-order valence-electron chi connectivity index (χ4n) is 2.63. The molecule has 1 aliphatic heterocycles. The predicted octanol–water partition coefficient (Wildman–Crippen LogP) is 2.25. The highest BCUT2D eigenvalue weighted by Gasteiger charge is 2.48. The van der Waals surface area contributed by atoms with Gasteiger partial charge >= 0.3 is 6.03 Å². The van der Waals surface area contributed by atoms with Gasteiger partial charge in [0.15, 0.2) is 0 Å². The van der Waals surface area contributed by atoms with Crippen LogP contribution in [0.5, 0.6) is 0 Å². The molecular weight excluding hydrogens is 176 g/mol. The zero-order valence-electron chi connectivity index (χ0n) is 8.97. The molecule has 2 fully saturated rings. The average Bonchev–Trinajstić information content (AvgIpc) is 2.61. The lowest BCUT2D eigenvalue weighted by Gasteiger charge is -2.27. The lowest BCUT2D eigenvalue weighted by molar-refractivity contribution is 0.214. The zero-order valence-corrected chi connectivity index (χ0v) is 8.97. The largest absolute Gasteiger partial charge is 0.327 e. The van der Waals surface area contributed by atoms with Crippen LogP contribution in [0.3, 0.4) is 0 Å². The summed E-state index contributed by atoms with van der Waals surface area (Å²) in [7, 11) is 0. The van der Waals surface area contributed by atoms with E-state index in [9.17, 15) is 4.79 Å². The van der Waals surface area contributed by atoms with Crippen molar-refractivity contribution in [3.8, 4) is 0 Å². The highest BCUT2D eigenvalue weighted by Crippen LogP contribution is 2.41. The summed E-state index contributed by atoms with van der Waals surface area (Å²) < 4.78 is 0. The van der Waals surface area contributed by atoms with E-state index in [1.165, 1.54) is 12.8 Å². The van der Waals surface area contributed by atoms with Crippen LogP contribution in [0.2, 0.25) is 0 Å². The van der Waals surface area contributed by atoms with Gasteiger partial charge in [-0.3, -0.25) is 4.90 Å². The minimum Gasteiger partial charge on any atom is -0.327 e. The third-order valence-electron chi connectivity index (χ3n) is 3.38. The van der Waals surface area contributed by atoms with Gasteiger partial charge in [-0.2, -0.15) is 0 Å². The Kier molecular flexibility index (Phi) is 2.05. The topological polar surface area (TPSA) is 32.3 Å². The van der Waals surface area contributed by atoms with Crippen molar-refractivity contribution in [2.24, 2.45) is 0 Å². The van der Waals surface area contributed by atoms with Gasteiger partial charge in [0.2, 0.25) is 0 Å². The molecule has 1 spiro atoms. The van der Waals surface area contributed by atoms with E-state index in [1.54, 1.807) is 4.90 Å². The Labute approximate surface area is 85.2 Å². The summed E-state index contributed by atoms with van der Waals surface area (Å²) >= 11 is 0. The van der Waals surface area contributed by atoms with Gasteiger partial charge in [0, 0.05) is 11.7 Å². The standard InChI is InChI=1S/C11H18N2O/c1-8(2)13-9(3)11(12-10(13)14)6-4-5-7-11/h8H,3-7H2,1-2H3,(H,12,14). The zero-order chi connectivity index (χ0) is 10.3. The van der Waals surface area contributed by atoms with E-state index in [2.05, 4.69) is 11.9 Å². The molecular formula is C11H18N2O. The molecule has 2 rings (SSSR count). The third kappa shape index (κ3) is 1.15. The maximum Gasteiger partial charge on any atom is 0.322 e. The lowest BCUT2D eigenvalue weighted by atomic mass is 9.95. The van der Waals surface area contributed by atoms with Crippen LogP contribution < -0.4 is 5.32 Å². The van der Waals surface area contributed by atoms with Crippen LogP contribution in [0, 0.1) is 0 Å². The van der Waals surface area contributed by atoms with Crippen molar-refractivity contribution in [3.63, 3.8) is 0 Å². The number of hydrogen-bond acceptors (Lipinski definition) is 1. The SMILES string of the molecule is C=C1N(C(C)C)C(=O)NC12CCCC2. The summed E-state index contributed by atoms with van der Waals surface area (Å²) in [5, 5.41) is 3.10. The first-order valence-electron chi connectivity index (χ1n) is 5.37. The minimum atomic E-state index is -0.0959. The van der Waals surface area contributed by atoms with E-state index in [-0.39, 0.29) is 17.6 Å².